The molecule has 0 radical (unpaired) electrons. The molecule has 0 saturated heterocycles. The van der Waals surface area contributed by atoms with E-state index in [2.05, 4.69) is 15.1 Å². The lowest BCUT2D eigenvalue weighted by molar-refractivity contribution is 0.257. The molecule has 0 bridgehead atoms. The van der Waals surface area contributed by atoms with Crippen molar-refractivity contribution in [3.05, 3.63) is 17.6 Å². The zero-order valence-corrected chi connectivity index (χ0v) is 11.7. The zero-order valence-electron chi connectivity index (χ0n) is 10.8. The highest BCUT2D eigenvalue weighted by molar-refractivity contribution is 7.13. The highest BCUT2D eigenvalue weighted by Crippen LogP contribution is 2.37. The van der Waals surface area contributed by atoms with E-state index in [0.717, 1.165) is 17.7 Å². The summed E-state index contributed by atoms with van der Waals surface area (Å²) >= 11 is 1.52. The van der Waals surface area contributed by atoms with Crippen LogP contribution in [0.15, 0.2) is 16.2 Å². The molecule has 0 unspecified atom stereocenters. The summed E-state index contributed by atoms with van der Waals surface area (Å²) in [4.78, 5) is 9.56. The van der Waals surface area contributed by atoms with Gasteiger partial charge in [0.2, 0.25) is 11.7 Å². The highest BCUT2D eigenvalue weighted by Gasteiger charge is 2.37. The van der Waals surface area contributed by atoms with E-state index in [9.17, 15) is 0 Å². The molecule has 6 heteroatoms. The Labute approximate surface area is 116 Å². The molecule has 19 heavy (non-hydrogen) atoms. The molecule has 2 heterocycles. The van der Waals surface area contributed by atoms with Crippen molar-refractivity contribution in [2.45, 2.75) is 43.9 Å². The number of aromatic nitrogens is 3. The summed E-state index contributed by atoms with van der Waals surface area (Å²) in [7, 11) is 0. The van der Waals surface area contributed by atoms with Crippen molar-refractivity contribution in [2.75, 3.05) is 6.54 Å². The van der Waals surface area contributed by atoms with Gasteiger partial charge in [-0.25, -0.2) is 0 Å². The summed E-state index contributed by atoms with van der Waals surface area (Å²) in [6.07, 6.45) is 8.79. The Balaban J connectivity index is 1.91. The molecule has 102 valence electrons. The molecule has 0 aromatic carbocycles. The Morgan fingerprint density at radius 1 is 1.26 bits per heavy atom. The van der Waals surface area contributed by atoms with E-state index in [-0.39, 0.29) is 5.41 Å². The van der Waals surface area contributed by atoms with E-state index in [0.29, 0.717) is 18.3 Å². The Bertz CT molecular complexity index is 514. The van der Waals surface area contributed by atoms with Crippen LogP contribution in [0, 0.1) is 0 Å². The Hall–Kier alpha value is -1.27. The maximum absolute atomic E-state index is 6.03. The molecule has 1 aliphatic carbocycles. The monoisotopic (exact) mass is 278 g/mol. The first-order valence-electron chi connectivity index (χ1n) is 6.77. The molecular formula is C13H18N4OS. The third-order valence-corrected chi connectivity index (χ3v) is 4.75. The fourth-order valence-electron chi connectivity index (χ4n) is 2.78. The lowest BCUT2D eigenvalue weighted by atomic mass is 9.80. The largest absolute Gasteiger partial charge is 0.338 e. The number of nitrogens with two attached hydrogens (primary N) is 1. The molecule has 1 fully saturated rings. The average molecular weight is 278 g/mol. The van der Waals surface area contributed by atoms with Crippen molar-refractivity contribution in [3.63, 3.8) is 0 Å². The zero-order chi connectivity index (χ0) is 13.1. The van der Waals surface area contributed by atoms with Crippen molar-refractivity contribution in [3.8, 4) is 10.7 Å². The smallest absolute Gasteiger partial charge is 0.234 e. The van der Waals surface area contributed by atoms with E-state index in [1.54, 1.807) is 11.7 Å². The molecule has 3 rings (SSSR count). The first-order valence-corrected chi connectivity index (χ1v) is 7.65. The highest BCUT2D eigenvalue weighted by atomic mass is 32.1. The van der Waals surface area contributed by atoms with Gasteiger partial charge in [0.25, 0.3) is 0 Å². The van der Waals surface area contributed by atoms with Gasteiger partial charge in [0, 0.05) is 12.7 Å². The Morgan fingerprint density at radius 3 is 2.68 bits per heavy atom. The van der Waals surface area contributed by atoms with Crippen molar-refractivity contribution in [1.29, 1.82) is 0 Å². The van der Waals surface area contributed by atoms with Gasteiger partial charge in [-0.1, -0.05) is 30.8 Å². The van der Waals surface area contributed by atoms with E-state index in [4.69, 9.17) is 10.3 Å². The SMILES string of the molecule is NCC1(c2nc(-c3cncs3)no2)CCCCCC1. The number of hydrogen-bond acceptors (Lipinski definition) is 6. The maximum Gasteiger partial charge on any atom is 0.234 e. The predicted octanol–water partition coefficient (Wildman–Crippen LogP) is 2.74. The van der Waals surface area contributed by atoms with E-state index in [1.807, 2.05) is 0 Å². The van der Waals surface area contributed by atoms with E-state index in [1.165, 1.54) is 37.0 Å². The van der Waals surface area contributed by atoms with Crippen molar-refractivity contribution < 1.29 is 4.52 Å². The van der Waals surface area contributed by atoms with Gasteiger partial charge in [-0.15, -0.1) is 11.3 Å². The first kappa shape index (κ1) is 12.7. The standard InChI is InChI=1S/C13H18N4OS/c14-8-13(5-3-1-2-4-6-13)12-16-11(17-18-12)10-7-15-9-19-10/h7,9H,1-6,8,14H2. The number of hydrogen-bond donors (Lipinski definition) is 1. The quantitative estimate of drug-likeness (QED) is 0.873. The van der Waals surface area contributed by atoms with Gasteiger partial charge in [-0.3, -0.25) is 4.98 Å². The Kier molecular flexibility index (Phi) is 3.61. The number of nitrogens with zero attached hydrogens (tertiary/aromatic N) is 3. The molecule has 0 amide bonds. The molecule has 1 aliphatic rings. The van der Waals surface area contributed by atoms with Crippen molar-refractivity contribution >= 4 is 11.3 Å². The van der Waals surface area contributed by atoms with Crippen LogP contribution in [-0.4, -0.2) is 21.7 Å². The van der Waals surface area contributed by atoms with Gasteiger partial charge in [0.1, 0.15) is 0 Å². The summed E-state index contributed by atoms with van der Waals surface area (Å²) in [5.41, 5.74) is 7.69. The summed E-state index contributed by atoms with van der Waals surface area (Å²) in [5.74, 6) is 1.34. The summed E-state index contributed by atoms with van der Waals surface area (Å²) in [6, 6.07) is 0. The molecular weight excluding hydrogens is 260 g/mol. The molecule has 0 spiro atoms. The fourth-order valence-corrected chi connectivity index (χ4v) is 3.32. The summed E-state index contributed by atoms with van der Waals surface area (Å²) < 4.78 is 5.52. The molecule has 0 atom stereocenters. The van der Waals surface area contributed by atoms with Crippen LogP contribution in [0.5, 0.6) is 0 Å². The molecule has 2 N–H and O–H groups in total. The number of rotatable bonds is 3. The van der Waals surface area contributed by atoms with E-state index >= 15 is 0 Å². The molecule has 0 aliphatic heterocycles. The Morgan fingerprint density at radius 2 is 2.05 bits per heavy atom. The molecule has 2 aromatic heterocycles. The van der Waals surface area contributed by atoms with E-state index < -0.39 is 0 Å². The van der Waals surface area contributed by atoms with Crippen LogP contribution in [0.2, 0.25) is 0 Å². The fraction of sp³-hybridized carbons (Fsp3) is 0.615. The lowest BCUT2D eigenvalue weighted by Gasteiger charge is -2.26. The minimum Gasteiger partial charge on any atom is -0.338 e. The van der Waals surface area contributed by atoms with Crippen LogP contribution in [0.1, 0.15) is 44.4 Å². The van der Waals surface area contributed by atoms with Crippen LogP contribution >= 0.6 is 11.3 Å². The molecule has 5 nitrogen and oxygen atoms in total. The topological polar surface area (TPSA) is 77.8 Å². The first-order chi connectivity index (χ1) is 9.34. The minimum atomic E-state index is -0.119. The minimum absolute atomic E-state index is 0.119. The summed E-state index contributed by atoms with van der Waals surface area (Å²) in [5, 5.41) is 4.09. The van der Waals surface area contributed by atoms with Gasteiger partial charge in [-0.05, 0) is 12.8 Å². The van der Waals surface area contributed by atoms with Crippen LogP contribution in [0.3, 0.4) is 0 Å². The van der Waals surface area contributed by atoms with Crippen molar-refractivity contribution in [2.24, 2.45) is 5.73 Å². The average Bonchev–Trinajstić information content (AvgIpc) is 3.06. The maximum atomic E-state index is 6.03. The third-order valence-electron chi connectivity index (χ3n) is 3.98. The van der Waals surface area contributed by atoms with Crippen LogP contribution in [0.4, 0.5) is 0 Å². The van der Waals surface area contributed by atoms with Crippen LogP contribution in [0.25, 0.3) is 10.7 Å². The predicted molar refractivity (Wildman–Crippen MR) is 73.8 cm³/mol. The summed E-state index contributed by atoms with van der Waals surface area (Å²) in [6.45, 7) is 0.581. The molecule has 1 saturated carbocycles. The van der Waals surface area contributed by atoms with Gasteiger partial charge >= 0.3 is 0 Å². The lowest BCUT2D eigenvalue weighted by Crippen LogP contribution is -2.35. The van der Waals surface area contributed by atoms with Gasteiger partial charge < -0.3 is 10.3 Å². The van der Waals surface area contributed by atoms with Gasteiger partial charge in [0.05, 0.1) is 15.8 Å². The second-order valence-electron chi connectivity index (χ2n) is 5.19. The molecule has 2 aromatic rings. The second kappa shape index (κ2) is 5.38. The van der Waals surface area contributed by atoms with Gasteiger partial charge in [-0.2, -0.15) is 4.98 Å². The van der Waals surface area contributed by atoms with Crippen molar-refractivity contribution in [1.82, 2.24) is 15.1 Å². The second-order valence-corrected chi connectivity index (χ2v) is 6.07. The third kappa shape index (κ3) is 2.42. The number of thiazole rings is 1. The van der Waals surface area contributed by atoms with Crippen LogP contribution < -0.4 is 5.73 Å². The van der Waals surface area contributed by atoms with Gasteiger partial charge in [0.15, 0.2) is 0 Å². The van der Waals surface area contributed by atoms with Crippen LogP contribution in [-0.2, 0) is 5.41 Å². The normalized spacial score (nSPS) is 19.2.